The van der Waals surface area contributed by atoms with Crippen LogP contribution in [-0.4, -0.2) is 0 Å². The molecule has 51 heavy (non-hydrogen) atoms. The lowest BCUT2D eigenvalue weighted by Crippen LogP contribution is -2.49. The fourth-order valence-corrected chi connectivity index (χ4v) is 12.6. The van der Waals surface area contributed by atoms with Crippen LogP contribution in [0.3, 0.4) is 0 Å². The van der Waals surface area contributed by atoms with Crippen LogP contribution < -0.4 is 4.90 Å². The van der Waals surface area contributed by atoms with Crippen molar-refractivity contribution in [2.45, 2.75) is 102 Å². The third-order valence-electron chi connectivity index (χ3n) is 14.5. The molecule has 0 amide bonds. The highest BCUT2D eigenvalue weighted by atomic mass is 15.1. The van der Waals surface area contributed by atoms with Crippen LogP contribution in [0.15, 0.2) is 109 Å². The number of nitrogens with zero attached hydrogens (tertiary/aromatic N) is 1. The molecule has 5 aromatic carbocycles. The van der Waals surface area contributed by atoms with Gasteiger partial charge in [0.2, 0.25) is 0 Å². The van der Waals surface area contributed by atoms with Gasteiger partial charge in [-0.25, -0.2) is 0 Å². The fraction of sp³-hybridized carbons (Fsp3) is 0.400. The van der Waals surface area contributed by atoms with Crippen molar-refractivity contribution < 1.29 is 0 Å². The van der Waals surface area contributed by atoms with E-state index in [4.69, 9.17) is 0 Å². The summed E-state index contributed by atoms with van der Waals surface area (Å²) in [5, 5.41) is 0. The summed E-state index contributed by atoms with van der Waals surface area (Å²) in [6.07, 6.45) is 10.6. The molecule has 5 aromatic rings. The van der Waals surface area contributed by atoms with Gasteiger partial charge < -0.3 is 4.90 Å². The van der Waals surface area contributed by atoms with E-state index < -0.39 is 0 Å². The van der Waals surface area contributed by atoms with E-state index in [-0.39, 0.29) is 16.2 Å². The third kappa shape index (κ3) is 4.39. The Balaban J connectivity index is 1.21. The van der Waals surface area contributed by atoms with Gasteiger partial charge in [0.15, 0.2) is 0 Å². The summed E-state index contributed by atoms with van der Waals surface area (Å²) in [6, 6.07) is 43.2. The maximum absolute atomic E-state index is 2.63. The molecule has 10 rings (SSSR count). The molecule has 3 saturated carbocycles. The molecule has 2 spiro atoms. The van der Waals surface area contributed by atoms with Gasteiger partial charge in [0.25, 0.3) is 0 Å². The first kappa shape index (κ1) is 31.6. The maximum Gasteiger partial charge on any atom is 0.0543 e. The highest BCUT2D eigenvalue weighted by Crippen LogP contribution is 2.66. The molecule has 1 unspecified atom stereocenters. The molecule has 0 radical (unpaired) electrons. The van der Waals surface area contributed by atoms with E-state index in [1.54, 1.807) is 22.3 Å². The number of hydrogen-bond donors (Lipinski definition) is 0. The molecular weight excluding hydrogens is 615 g/mol. The number of anilines is 3. The Hall–Kier alpha value is -4.10. The average molecular weight is 668 g/mol. The van der Waals surface area contributed by atoms with Crippen LogP contribution in [0.1, 0.15) is 114 Å². The van der Waals surface area contributed by atoms with Crippen LogP contribution in [0.25, 0.3) is 22.3 Å². The highest BCUT2D eigenvalue weighted by molar-refractivity contribution is 5.96. The fourth-order valence-electron chi connectivity index (χ4n) is 12.6. The molecule has 0 aromatic heterocycles. The van der Waals surface area contributed by atoms with Gasteiger partial charge in [-0.1, -0.05) is 126 Å². The summed E-state index contributed by atoms with van der Waals surface area (Å²) in [5.74, 6) is 2.98. The van der Waals surface area contributed by atoms with Gasteiger partial charge in [-0.05, 0) is 142 Å². The molecule has 1 nitrogen and oxygen atoms in total. The zero-order valence-corrected chi connectivity index (χ0v) is 31.3. The smallest absolute Gasteiger partial charge is 0.0543 e. The Morgan fingerprint density at radius 2 is 1.25 bits per heavy atom. The van der Waals surface area contributed by atoms with E-state index in [0.29, 0.717) is 11.8 Å². The monoisotopic (exact) mass is 667 g/mol. The van der Waals surface area contributed by atoms with Gasteiger partial charge in [0.05, 0.1) is 5.69 Å². The number of fused-ring (bicyclic) bond motifs is 13. The van der Waals surface area contributed by atoms with Crippen molar-refractivity contribution in [1.82, 2.24) is 0 Å². The van der Waals surface area contributed by atoms with Gasteiger partial charge in [0.1, 0.15) is 0 Å². The second kappa shape index (κ2) is 11.2. The molecule has 0 heterocycles. The molecule has 5 atom stereocenters. The predicted molar refractivity (Wildman–Crippen MR) is 215 cm³/mol. The summed E-state index contributed by atoms with van der Waals surface area (Å²) in [7, 11) is 0. The van der Waals surface area contributed by atoms with Crippen molar-refractivity contribution in [3.05, 3.63) is 137 Å². The maximum atomic E-state index is 2.63. The van der Waals surface area contributed by atoms with E-state index in [1.165, 1.54) is 96.2 Å². The zero-order chi connectivity index (χ0) is 34.7. The minimum atomic E-state index is 0.0718. The molecule has 1 heteroatoms. The van der Waals surface area contributed by atoms with Gasteiger partial charge in [-0.15, -0.1) is 0 Å². The number of hydrogen-bond acceptors (Lipinski definition) is 1. The Kier molecular flexibility index (Phi) is 6.94. The summed E-state index contributed by atoms with van der Waals surface area (Å²) >= 11 is 0. The van der Waals surface area contributed by atoms with Crippen molar-refractivity contribution >= 4 is 17.1 Å². The second-order valence-electron chi connectivity index (χ2n) is 18.3. The topological polar surface area (TPSA) is 3.24 Å². The van der Waals surface area contributed by atoms with Gasteiger partial charge in [0, 0.05) is 27.8 Å². The van der Waals surface area contributed by atoms with Crippen LogP contribution in [0.5, 0.6) is 0 Å². The molecule has 5 aliphatic rings. The third-order valence-corrected chi connectivity index (χ3v) is 14.5. The minimum absolute atomic E-state index is 0.0718. The van der Waals surface area contributed by atoms with E-state index in [1.807, 2.05) is 0 Å². The second-order valence-corrected chi connectivity index (χ2v) is 18.3. The lowest BCUT2D eigenvalue weighted by molar-refractivity contribution is 0.0426. The SMILES string of the molecule is C[C@@H]1CC2C[C@@H](C1)[C@@]1(c3ccccc3-c3c(N(c4ccc(C(C)(C)C)cc4)c4ccc5c(c4)C4(CCCC4)c4ccccc4-5)cccc31)[C@@H](C)C2. The molecule has 0 N–H and O–H groups in total. The summed E-state index contributed by atoms with van der Waals surface area (Å²) in [6.45, 7) is 12.1. The van der Waals surface area contributed by atoms with Crippen LogP contribution >= 0.6 is 0 Å². The molecule has 0 saturated heterocycles. The van der Waals surface area contributed by atoms with Crippen LogP contribution in [0.4, 0.5) is 17.1 Å². The molecule has 3 fully saturated rings. The highest BCUT2D eigenvalue weighted by Gasteiger charge is 2.57. The van der Waals surface area contributed by atoms with E-state index >= 15 is 0 Å². The standard InChI is InChI=1S/C50H53N/c1-32-27-34-29-33(2)50(36(28-32)30-34)43-16-9-7-14-41(43)47-44(50)17-12-18-46(47)51(37-21-19-35(20-22-37)48(3,4)5)38-23-24-40-39-13-6-8-15-42(39)49(45(40)31-38)25-10-11-26-49/h6-9,12-24,31-34,36H,10-11,25-30H2,1-5H3/t32-,33+,34?,36-,50-/m1/s1. The average Bonchev–Trinajstić information content (AvgIpc) is 3.81. The molecule has 258 valence electrons. The van der Waals surface area contributed by atoms with Crippen LogP contribution in [0, 0.1) is 23.7 Å². The Morgan fingerprint density at radius 1 is 0.588 bits per heavy atom. The normalized spacial score (nSPS) is 26.5. The van der Waals surface area contributed by atoms with E-state index in [2.05, 4.69) is 149 Å². The summed E-state index contributed by atoms with van der Waals surface area (Å²) in [4.78, 5) is 2.63. The molecule has 2 bridgehead atoms. The molecule has 0 aliphatic heterocycles. The van der Waals surface area contributed by atoms with Gasteiger partial charge in [-0.2, -0.15) is 0 Å². The Labute approximate surface area is 306 Å². The first-order chi connectivity index (χ1) is 24.7. The lowest BCUT2D eigenvalue weighted by atomic mass is 9.49. The van der Waals surface area contributed by atoms with E-state index in [9.17, 15) is 0 Å². The first-order valence-electron chi connectivity index (χ1n) is 20.1. The van der Waals surface area contributed by atoms with Crippen molar-refractivity contribution in [3.63, 3.8) is 0 Å². The Bertz CT molecular complexity index is 2150. The van der Waals surface area contributed by atoms with Crippen molar-refractivity contribution in [2.24, 2.45) is 23.7 Å². The lowest BCUT2D eigenvalue weighted by Gasteiger charge is -2.54. The van der Waals surface area contributed by atoms with Gasteiger partial charge >= 0.3 is 0 Å². The summed E-state index contributed by atoms with van der Waals surface area (Å²) in [5.41, 5.74) is 17.6. The van der Waals surface area contributed by atoms with Gasteiger partial charge in [-0.3, -0.25) is 0 Å². The van der Waals surface area contributed by atoms with Crippen LogP contribution in [0.2, 0.25) is 0 Å². The zero-order valence-electron chi connectivity index (χ0n) is 31.3. The largest absolute Gasteiger partial charge is 0.310 e. The first-order valence-corrected chi connectivity index (χ1v) is 20.1. The number of rotatable bonds is 3. The Morgan fingerprint density at radius 3 is 2.02 bits per heavy atom. The quantitative estimate of drug-likeness (QED) is 0.185. The van der Waals surface area contributed by atoms with Crippen molar-refractivity contribution in [3.8, 4) is 22.3 Å². The summed E-state index contributed by atoms with van der Waals surface area (Å²) < 4.78 is 0. The van der Waals surface area contributed by atoms with Crippen molar-refractivity contribution in [1.29, 1.82) is 0 Å². The molecular formula is C50H53N. The van der Waals surface area contributed by atoms with Crippen LogP contribution in [-0.2, 0) is 16.2 Å². The minimum Gasteiger partial charge on any atom is -0.310 e. The predicted octanol–water partition coefficient (Wildman–Crippen LogP) is 13.7. The number of benzene rings is 5. The van der Waals surface area contributed by atoms with Crippen molar-refractivity contribution in [2.75, 3.05) is 4.90 Å². The van der Waals surface area contributed by atoms with E-state index in [0.717, 1.165) is 11.8 Å². The molecule has 5 aliphatic carbocycles.